The van der Waals surface area contributed by atoms with Crippen LogP contribution in [0.1, 0.15) is 39.0 Å². The lowest BCUT2D eigenvalue weighted by atomic mass is 10.1. The lowest BCUT2D eigenvalue weighted by Crippen LogP contribution is -2.29. The molecule has 0 saturated heterocycles. The van der Waals surface area contributed by atoms with Gasteiger partial charge in [-0.3, -0.25) is 0 Å². The molecule has 2 rings (SSSR count). The highest BCUT2D eigenvalue weighted by Gasteiger charge is 2.22. The molecule has 1 aliphatic carbocycles. The van der Waals surface area contributed by atoms with Gasteiger partial charge in [-0.25, -0.2) is 4.39 Å². The Morgan fingerprint density at radius 2 is 2.05 bits per heavy atom. The maximum Gasteiger partial charge on any atom is 0.167 e. The van der Waals surface area contributed by atoms with Crippen molar-refractivity contribution in [3.8, 4) is 5.75 Å². The summed E-state index contributed by atoms with van der Waals surface area (Å²) >= 11 is 0. The van der Waals surface area contributed by atoms with Gasteiger partial charge in [0.05, 0.1) is 18.0 Å². The maximum absolute atomic E-state index is 13.8. The van der Waals surface area contributed by atoms with Crippen LogP contribution in [-0.4, -0.2) is 19.7 Å². The molecule has 0 bridgehead atoms. The topological polar surface area (TPSA) is 38.5 Å². The van der Waals surface area contributed by atoms with E-state index in [1.807, 2.05) is 14.0 Å². The highest BCUT2D eigenvalue weighted by molar-refractivity contribution is 5.70. The van der Waals surface area contributed by atoms with Gasteiger partial charge in [-0.15, -0.1) is 0 Å². The number of nitrogen functional groups attached to an aromatic ring is 1. The zero-order valence-electron chi connectivity index (χ0n) is 11.8. The van der Waals surface area contributed by atoms with E-state index in [-0.39, 0.29) is 5.82 Å². The third kappa shape index (κ3) is 3.11. The standard InChI is InChI=1S/C15H23FN2O/c1-3-8-19-15-10-14(13(17)9-12(15)16)18(2)11-6-4-5-7-11/h9-11H,3-8,17H2,1-2H3. The molecule has 0 atom stereocenters. The molecule has 1 aliphatic rings. The lowest BCUT2D eigenvalue weighted by Gasteiger charge is -2.28. The molecule has 1 fully saturated rings. The first-order chi connectivity index (χ1) is 9.13. The SMILES string of the molecule is CCCOc1cc(N(C)C2CCCC2)c(N)cc1F. The first-order valence-corrected chi connectivity index (χ1v) is 7.08. The quantitative estimate of drug-likeness (QED) is 0.828. The summed E-state index contributed by atoms with van der Waals surface area (Å²) in [6, 6.07) is 3.61. The predicted molar refractivity (Wildman–Crippen MR) is 77.3 cm³/mol. The second kappa shape index (κ2) is 6.13. The van der Waals surface area contributed by atoms with Crippen molar-refractivity contribution in [2.45, 2.75) is 45.1 Å². The van der Waals surface area contributed by atoms with E-state index < -0.39 is 0 Å². The number of halogens is 1. The summed E-state index contributed by atoms with van der Waals surface area (Å²) in [5, 5.41) is 0. The molecule has 3 nitrogen and oxygen atoms in total. The lowest BCUT2D eigenvalue weighted by molar-refractivity contribution is 0.301. The van der Waals surface area contributed by atoms with Gasteiger partial charge >= 0.3 is 0 Å². The highest BCUT2D eigenvalue weighted by Crippen LogP contribution is 2.34. The monoisotopic (exact) mass is 266 g/mol. The van der Waals surface area contributed by atoms with Crippen molar-refractivity contribution in [3.63, 3.8) is 0 Å². The third-order valence-electron chi connectivity index (χ3n) is 3.80. The third-order valence-corrected chi connectivity index (χ3v) is 3.80. The van der Waals surface area contributed by atoms with Gasteiger partial charge in [-0.05, 0) is 19.3 Å². The van der Waals surface area contributed by atoms with E-state index >= 15 is 0 Å². The summed E-state index contributed by atoms with van der Waals surface area (Å²) in [5.74, 6) is -0.0783. The molecule has 1 aromatic carbocycles. The van der Waals surface area contributed by atoms with E-state index in [2.05, 4.69) is 4.90 Å². The summed E-state index contributed by atoms with van der Waals surface area (Å²) < 4.78 is 19.2. The van der Waals surface area contributed by atoms with Gasteiger partial charge < -0.3 is 15.4 Å². The number of nitrogens with zero attached hydrogens (tertiary/aromatic N) is 1. The Kier molecular flexibility index (Phi) is 4.51. The fraction of sp³-hybridized carbons (Fsp3) is 0.600. The normalized spacial score (nSPS) is 15.7. The second-order valence-corrected chi connectivity index (χ2v) is 5.24. The molecule has 1 saturated carbocycles. The number of rotatable bonds is 5. The van der Waals surface area contributed by atoms with Crippen LogP contribution < -0.4 is 15.4 Å². The molecule has 0 unspecified atom stereocenters. The van der Waals surface area contributed by atoms with Crippen molar-refractivity contribution >= 4 is 11.4 Å². The van der Waals surface area contributed by atoms with Gasteiger partial charge in [0.2, 0.25) is 0 Å². The van der Waals surface area contributed by atoms with Crippen LogP contribution in [0.15, 0.2) is 12.1 Å². The number of ether oxygens (including phenoxy) is 1. The molecule has 0 spiro atoms. The van der Waals surface area contributed by atoms with Crippen LogP contribution in [0.5, 0.6) is 5.75 Å². The zero-order valence-corrected chi connectivity index (χ0v) is 11.8. The van der Waals surface area contributed by atoms with E-state index in [1.54, 1.807) is 6.07 Å². The molecular weight excluding hydrogens is 243 g/mol. The summed E-state index contributed by atoms with van der Waals surface area (Å²) in [6.45, 7) is 2.52. The molecule has 0 heterocycles. The van der Waals surface area contributed by atoms with Crippen molar-refractivity contribution in [1.82, 2.24) is 0 Å². The van der Waals surface area contributed by atoms with Gasteiger partial charge in [0.1, 0.15) is 0 Å². The Morgan fingerprint density at radius 3 is 2.68 bits per heavy atom. The Labute approximate surface area is 114 Å². The average Bonchev–Trinajstić information content (AvgIpc) is 2.91. The number of hydrogen-bond acceptors (Lipinski definition) is 3. The van der Waals surface area contributed by atoms with E-state index in [0.29, 0.717) is 24.1 Å². The zero-order chi connectivity index (χ0) is 13.8. The Bertz CT molecular complexity index is 430. The van der Waals surface area contributed by atoms with Crippen molar-refractivity contribution in [3.05, 3.63) is 17.9 Å². The fourth-order valence-electron chi connectivity index (χ4n) is 2.67. The van der Waals surface area contributed by atoms with Crippen LogP contribution in [0.4, 0.5) is 15.8 Å². The van der Waals surface area contributed by atoms with Gasteiger partial charge in [0.15, 0.2) is 11.6 Å². The number of hydrogen-bond donors (Lipinski definition) is 1. The Balaban J connectivity index is 2.22. The van der Waals surface area contributed by atoms with Crippen LogP contribution in [-0.2, 0) is 0 Å². The summed E-state index contributed by atoms with van der Waals surface area (Å²) in [7, 11) is 2.03. The first-order valence-electron chi connectivity index (χ1n) is 7.08. The minimum Gasteiger partial charge on any atom is -0.490 e. The smallest absolute Gasteiger partial charge is 0.167 e. The van der Waals surface area contributed by atoms with Crippen LogP contribution in [0.2, 0.25) is 0 Å². The molecule has 106 valence electrons. The molecule has 4 heteroatoms. The first kappa shape index (κ1) is 14.0. The number of nitrogens with two attached hydrogens (primary N) is 1. The van der Waals surface area contributed by atoms with Crippen molar-refractivity contribution < 1.29 is 9.13 Å². The van der Waals surface area contributed by atoms with Crippen molar-refractivity contribution in [2.24, 2.45) is 0 Å². The van der Waals surface area contributed by atoms with Crippen LogP contribution >= 0.6 is 0 Å². The van der Waals surface area contributed by atoms with Gasteiger partial charge in [-0.1, -0.05) is 19.8 Å². The summed E-state index contributed by atoms with van der Waals surface area (Å²) in [6.07, 6.45) is 5.74. The minimum atomic E-state index is -0.380. The van der Waals surface area contributed by atoms with Gasteiger partial charge in [0, 0.05) is 25.2 Å². The molecule has 2 N–H and O–H groups in total. The summed E-state index contributed by atoms with van der Waals surface area (Å²) in [5.41, 5.74) is 7.31. The number of benzene rings is 1. The number of anilines is 2. The summed E-state index contributed by atoms with van der Waals surface area (Å²) in [4.78, 5) is 2.17. The second-order valence-electron chi connectivity index (χ2n) is 5.24. The van der Waals surface area contributed by atoms with Crippen molar-refractivity contribution in [2.75, 3.05) is 24.3 Å². The molecule has 19 heavy (non-hydrogen) atoms. The molecule has 1 aromatic rings. The van der Waals surface area contributed by atoms with E-state index in [4.69, 9.17) is 10.5 Å². The minimum absolute atomic E-state index is 0.302. The van der Waals surface area contributed by atoms with Gasteiger partial charge in [0.25, 0.3) is 0 Å². The molecule has 0 aliphatic heterocycles. The highest BCUT2D eigenvalue weighted by atomic mass is 19.1. The van der Waals surface area contributed by atoms with Crippen LogP contribution in [0, 0.1) is 5.82 Å². The molecule has 0 aromatic heterocycles. The van der Waals surface area contributed by atoms with Crippen LogP contribution in [0.25, 0.3) is 0 Å². The maximum atomic E-state index is 13.8. The van der Waals surface area contributed by atoms with Crippen molar-refractivity contribution in [1.29, 1.82) is 0 Å². The van der Waals surface area contributed by atoms with E-state index in [1.165, 1.54) is 31.7 Å². The predicted octanol–water partition coefficient (Wildman–Crippen LogP) is 3.58. The molecule has 0 amide bonds. The Morgan fingerprint density at radius 1 is 1.37 bits per heavy atom. The van der Waals surface area contributed by atoms with E-state index in [9.17, 15) is 4.39 Å². The average molecular weight is 266 g/mol. The molecular formula is C15H23FN2O. The van der Waals surface area contributed by atoms with Crippen LogP contribution in [0.3, 0.4) is 0 Å². The van der Waals surface area contributed by atoms with Gasteiger partial charge in [-0.2, -0.15) is 0 Å². The Hall–Kier alpha value is -1.45. The fourth-order valence-corrected chi connectivity index (χ4v) is 2.67. The van der Waals surface area contributed by atoms with E-state index in [0.717, 1.165) is 12.1 Å². The largest absolute Gasteiger partial charge is 0.490 e. The molecule has 0 radical (unpaired) electrons.